The molecule has 0 aliphatic carbocycles. The molecule has 2 aliphatic rings. The van der Waals surface area contributed by atoms with Crippen molar-refractivity contribution in [2.24, 2.45) is 0 Å². The van der Waals surface area contributed by atoms with Crippen LogP contribution in [0.4, 0.5) is 10.1 Å². The Kier molecular flexibility index (Phi) is 6.50. The van der Waals surface area contributed by atoms with Crippen LogP contribution in [0.2, 0.25) is 0 Å². The number of rotatable bonds is 7. The van der Waals surface area contributed by atoms with E-state index in [4.69, 9.17) is 9.47 Å². The summed E-state index contributed by atoms with van der Waals surface area (Å²) in [5, 5.41) is 12.5. The van der Waals surface area contributed by atoms with Crippen molar-refractivity contribution in [1.82, 2.24) is 25.1 Å². The van der Waals surface area contributed by atoms with Gasteiger partial charge in [-0.1, -0.05) is 18.2 Å². The minimum absolute atomic E-state index is 0.0976. The van der Waals surface area contributed by atoms with Gasteiger partial charge in [0.05, 0.1) is 19.8 Å². The Balaban J connectivity index is 1.38. The number of anilines is 1. The van der Waals surface area contributed by atoms with Gasteiger partial charge in [-0.2, -0.15) is 0 Å². The molecule has 0 spiro atoms. The first kappa shape index (κ1) is 21.8. The zero-order valence-electron chi connectivity index (χ0n) is 18.8. The number of halogens is 1. The molecule has 9 heteroatoms. The number of aromatic nitrogens is 4. The summed E-state index contributed by atoms with van der Waals surface area (Å²) in [5.41, 5.74) is 1.75. The van der Waals surface area contributed by atoms with Crippen LogP contribution in [0.15, 0.2) is 48.5 Å². The maximum atomic E-state index is 15.0. The lowest BCUT2D eigenvalue weighted by molar-refractivity contribution is 0.0906. The van der Waals surface area contributed by atoms with Crippen molar-refractivity contribution in [1.29, 1.82) is 0 Å². The highest BCUT2D eigenvalue weighted by molar-refractivity contribution is 5.49. The van der Waals surface area contributed by atoms with Gasteiger partial charge < -0.3 is 14.4 Å². The van der Waals surface area contributed by atoms with Crippen molar-refractivity contribution in [2.75, 3.05) is 44.8 Å². The van der Waals surface area contributed by atoms with Crippen LogP contribution in [0, 0.1) is 5.82 Å². The molecule has 8 nitrogen and oxygen atoms in total. The summed E-state index contributed by atoms with van der Waals surface area (Å²) in [7, 11) is 1.67. The maximum Gasteiger partial charge on any atom is 0.173 e. The number of methoxy groups -OCH3 is 1. The predicted molar refractivity (Wildman–Crippen MR) is 122 cm³/mol. The van der Waals surface area contributed by atoms with Crippen LogP contribution in [-0.2, 0) is 11.3 Å². The van der Waals surface area contributed by atoms with E-state index in [1.807, 2.05) is 24.3 Å². The molecule has 2 aliphatic heterocycles. The maximum absolute atomic E-state index is 15.0. The first-order valence-corrected chi connectivity index (χ1v) is 11.5. The van der Waals surface area contributed by atoms with Crippen LogP contribution in [0.25, 0.3) is 0 Å². The summed E-state index contributed by atoms with van der Waals surface area (Å²) in [6.45, 7) is 4.52. The molecule has 3 aromatic rings. The van der Waals surface area contributed by atoms with Gasteiger partial charge in [0.15, 0.2) is 5.82 Å². The van der Waals surface area contributed by atoms with Crippen LogP contribution in [0.5, 0.6) is 5.75 Å². The van der Waals surface area contributed by atoms with Crippen molar-refractivity contribution in [2.45, 2.75) is 31.5 Å². The topological polar surface area (TPSA) is 68.5 Å². The second-order valence-corrected chi connectivity index (χ2v) is 8.50. The summed E-state index contributed by atoms with van der Waals surface area (Å²) in [6.07, 6.45) is 2.14. The number of benzene rings is 2. The Morgan fingerprint density at radius 3 is 2.58 bits per heavy atom. The number of tetrazole rings is 1. The Morgan fingerprint density at radius 1 is 1.09 bits per heavy atom. The van der Waals surface area contributed by atoms with Crippen molar-refractivity contribution in [3.8, 4) is 5.75 Å². The SMILES string of the molecule is COc1ccc(N2CCN([C@@H](c3ccccc3F)c3nnnn3C[C@@H]3CCCO3)CC2)cc1. The highest BCUT2D eigenvalue weighted by atomic mass is 19.1. The Bertz CT molecular complexity index is 1050. The highest BCUT2D eigenvalue weighted by Gasteiger charge is 2.33. The Hall–Kier alpha value is -3.04. The summed E-state index contributed by atoms with van der Waals surface area (Å²) in [6, 6.07) is 14.7. The molecule has 0 saturated carbocycles. The van der Waals surface area contributed by atoms with E-state index in [1.165, 1.54) is 6.07 Å². The van der Waals surface area contributed by atoms with E-state index in [-0.39, 0.29) is 18.0 Å². The van der Waals surface area contributed by atoms with Crippen LogP contribution in [0.3, 0.4) is 0 Å². The third-order valence-electron chi connectivity index (χ3n) is 6.52. The average Bonchev–Trinajstić information content (AvgIpc) is 3.54. The Labute approximate surface area is 192 Å². The molecule has 0 radical (unpaired) electrons. The fraction of sp³-hybridized carbons (Fsp3) is 0.458. The number of hydrogen-bond acceptors (Lipinski definition) is 7. The molecule has 0 N–H and O–H groups in total. The van der Waals surface area contributed by atoms with E-state index in [9.17, 15) is 4.39 Å². The van der Waals surface area contributed by atoms with E-state index < -0.39 is 0 Å². The van der Waals surface area contributed by atoms with Crippen molar-refractivity contribution in [3.63, 3.8) is 0 Å². The zero-order chi connectivity index (χ0) is 22.6. The minimum Gasteiger partial charge on any atom is -0.497 e. The molecule has 0 amide bonds. The van der Waals surface area contributed by atoms with Gasteiger partial charge in [-0.05, 0) is 53.6 Å². The molecule has 2 saturated heterocycles. The monoisotopic (exact) mass is 452 g/mol. The lowest BCUT2D eigenvalue weighted by Gasteiger charge is -2.40. The van der Waals surface area contributed by atoms with E-state index in [2.05, 4.69) is 37.5 Å². The van der Waals surface area contributed by atoms with E-state index in [1.54, 1.807) is 17.9 Å². The first-order valence-electron chi connectivity index (χ1n) is 11.5. The molecule has 0 bridgehead atoms. The van der Waals surface area contributed by atoms with Crippen molar-refractivity contribution in [3.05, 3.63) is 65.7 Å². The number of nitrogens with zero attached hydrogens (tertiary/aromatic N) is 6. The fourth-order valence-corrected chi connectivity index (χ4v) is 4.75. The van der Waals surface area contributed by atoms with E-state index in [0.717, 1.165) is 57.1 Å². The molecule has 1 aromatic heterocycles. The molecule has 174 valence electrons. The van der Waals surface area contributed by atoms with E-state index in [0.29, 0.717) is 17.9 Å². The van der Waals surface area contributed by atoms with Crippen LogP contribution in [0.1, 0.15) is 30.3 Å². The van der Waals surface area contributed by atoms with E-state index >= 15 is 0 Å². The summed E-state index contributed by atoms with van der Waals surface area (Å²) >= 11 is 0. The molecule has 3 heterocycles. The second-order valence-electron chi connectivity index (χ2n) is 8.50. The summed E-state index contributed by atoms with van der Waals surface area (Å²) < 4.78 is 27.8. The quantitative estimate of drug-likeness (QED) is 0.546. The summed E-state index contributed by atoms with van der Waals surface area (Å²) in [4.78, 5) is 4.61. The van der Waals surface area contributed by atoms with Gasteiger partial charge in [0.25, 0.3) is 0 Å². The number of hydrogen-bond donors (Lipinski definition) is 0. The zero-order valence-corrected chi connectivity index (χ0v) is 18.8. The normalized spacial score (nSPS) is 20.2. The van der Waals surface area contributed by atoms with Crippen LogP contribution in [-0.4, -0.2) is 71.1 Å². The molecule has 2 atom stereocenters. The summed E-state index contributed by atoms with van der Waals surface area (Å²) in [5.74, 6) is 1.26. The molecule has 5 rings (SSSR count). The van der Waals surface area contributed by atoms with Gasteiger partial charge in [-0.25, -0.2) is 9.07 Å². The smallest absolute Gasteiger partial charge is 0.173 e. The second kappa shape index (κ2) is 9.84. The predicted octanol–water partition coefficient (Wildman–Crippen LogP) is 2.91. The Morgan fingerprint density at radius 2 is 1.88 bits per heavy atom. The van der Waals surface area contributed by atoms with Gasteiger partial charge >= 0.3 is 0 Å². The third kappa shape index (κ3) is 4.69. The van der Waals surface area contributed by atoms with Crippen LogP contribution < -0.4 is 9.64 Å². The van der Waals surface area contributed by atoms with Gasteiger partial charge in [0, 0.05) is 44.0 Å². The van der Waals surface area contributed by atoms with Crippen LogP contribution >= 0.6 is 0 Å². The average molecular weight is 453 g/mol. The van der Waals surface area contributed by atoms with Gasteiger partial charge in [-0.15, -0.1) is 5.10 Å². The first-order chi connectivity index (χ1) is 16.2. The lowest BCUT2D eigenvalue weighted by Crippen LogP contribution is -2.48. The molecular weight excluding hydrogens is 423 g/mol. The van der Waals surface area contributed by atoms with Gasteiger partial charge in [0.2, 0.25) is 0 Å². The molecule has 2 aromatic carbocycles. The van der Waals surface area contributed by atoms with Crippen molar-refractivity contribution < 1.29 is 13.9 Å². The number of piperazine rings is 1. The minimum atomic E-state index is -0.361. The molecule has 2 fully saturated rings. The van der Waals surface area contributed by atoms with Gasteiger partial charge in [-0.3, -0.25) is 4.90 Å². The highest BCUT2D eigenvalue weighted by Crippen LogP contribution is 2.31. The molecular formula is C24H29FN6O2. The lowest BCUT2D eigenvalue weighted by atomic mass is 10.0. The van der Waals surface area contributed by atoms with Gasteiger partial charge in [0.1, 0.15) is 17.6 Å². The standard InChI is InChI=1S/C24H29FN6O2/c1-32-19-10-8-18(9-11-19)29-12-14-30(15-13-29)23(21-6-2-3-7-22(21)25)24-26-27-28-31(24)17-20-5-4-16-33-20/h2-3,6-11,20,23H,4-5,12-17H2,1H3/t20-,23-/m0/s1. The van der Waals surface area contributed by atoms with Crippen molar-refractivity contribution >= 4 is 5.69 Å². The number of ether oxygens (including phenoxy) is 2. The fourth-order valence-electron chi connectivity index (χ4n) is 4.75. The largest absolute Gasteiger partial charge is 0.497 e. The molecule has 0 unspecified atom stereocenters. The third-order valence-corrected chi connectivity index (χ3v) is 6.52. The molecule has 33 heavy (non-hydrogen) atoms.